The lowest BCUT2D eigenvalue weighted by Gasteiger charge is -2.18. The van der Waals surface area contributed by atoms with E-state index in [1.807, 2.05) is 18.2 Å². The third kappa shape index (κ3) is 3.61. The van der Waals surface area contributed by atoms with Crippen LogP contribution in [0, 0.1) is 0 Å². The molecule has 0 saturated carbocycles. The number of nitrogens with one attached hydrogen (secondary N) is 1. The first kappa shape index (κ1) is 13.7. The summed E-state index contributed by atoms with van der Waals surface area (Å²) in [7, 11) is 0. The zero-order chi connectivity index (χ0) is 13.7. The number of benzene rings is 1. The number of aromatic nitrogens is 1. The molecule has 0 saturated heterocycles. The molecule has 0 aliphatic carbocycles. The number of anilines is 2. The van der Waals surface area contributed by atoms with E-state index < -0.39 is 0 Å². The van der Waals surface area contributed by atoms with Crippen LogP contribution in [0.15, 0.2) is 22.6 Å². The standard InChI is InChI=1S/C14H22N4O/c1-3-8-18(4-2)9-7-16-14-17-12-10-11(15)5-6-13(12)19-14/h5-6,10H,3-4,7-9,15H2,1-2H3,(H,16,17). The highest BCUT2D eigenvalue weighted by Crippen LogP contribution is 2.20. The summed E-state index contributed by atoms with van der Waals surface area (Å²) < 4.78 is 5.60. The molecule has 1 aromatic carbocycles. The molecular weight excluding hydrogens is 240 g/mol. The van der Waals surface area contributed by atoms with E-state index in [-0.39, 0.29) is 0 Å². The number of nitrogens with zero attached hydrogens (tertiary/aromatic N) is 2. The fraction of sp³-hybridized carbons (Fsp3) is 0.500. The van der Waals surface area contributed by atoms with Crippen molar-refractivity contribution in [3.63, 3.8) is 0 Å². The van der Waals surface area contributed by atoms with Crippen LogP contribution < -0.4 is 11.1 Å². The normalized spacial score (nSPS) is 11.3. The van der Waals surface area contributed by atoms with Crippen molar-refractivity contribution in [1.29, 1.82) is 0 Å². The predicted octanol–water partition coefficient (Wildman–Crippen LogP) is 2.55. The van der Waals surface area contributed by atoms with Crippen molar-refractivity contribution in [2.24, 2.45) is 0 Å². The molecule has 3 N–H and O–H groups in total. The molecule has 5 nitrogen and oxygen atoms in total. The van der Waals surface area contributed by atoms with Crippen LogP contribution in [0.3, 0.4) is 0 Å². The minimum absolute atomic E-state index is 0.563. The molecule has 0 radical (unpaired) electrons. The fourth-order valence-corrected chi connectivity index (χ4v) is 2.09. The molecule has 0 fully saturated rings. The molecule has 0 bridgehead atoms. The molecule has 0 aliphatic rings. The van der Waals surface area contributed by atoms with Gasteiger partial charge < -0.3 is 20.4 Å². The SMILES string of the molecule is CCCN(CC)CCNc1nc2cc(N)ccc2o1. The summed E-state index contributed by atoms with van der Waals surface area (Å²) in [5.41, 5.74) is 7.97. The molecule has 2 aromatic rings. The Bertz CT molecular complexity index is 523. The minimum atomic E-state index is 0.563. The Hall–Kier alpha value is -1.75. The Morgan fingerprint density at radius 3 is 2.89 bits per heavy atom. The number of rotatable bonds is 7. The number of oxazole rings is 1. The van der Waals surface area contributed by atoms with Gasteiger partial charge >= 0.3 is 0 Å². The average molecular weight is 262 g/mol. The quantitative estimate of drug-likeness (QED) is 0.751. The van der Waals surface area contributed by atoms with E-state index in [1.165, 1.54) is 6.42 Å². The van der Waals surface area contributed by atoms with Crippen LogP contribution in [0.5, 0.6) is 0 Å². The molecule has 1 aromatic heterocycles. The molecular formula is C14H22N4O. The Morgan fingerprint density at radius 2 is 2.16 bits per heavy atom. The lowest BCUT2D eigenvalue weighted by molar-refractivity contribution is 0.299. The summed E-state index contributed by atoms with van der Waals surface area (Å²) in [6.07, 6.45) is 1.18. The number of hydrogen-bond acceptors (Lipinski definition) is 5. The number of nitrogen functional groups attached to an aromatic ring is 1. The van der Waals surface area contributed by atoms with E-state index >= 15 is 0 Å². The molecule has 19 heavy (non-hydrogen) atoms. The van der Waals surface area contributed by atoms with Crippen LogP contribution in [0.1, 0.15) is 20.3 Å². The van der Waals surface area contributed by atoms with Crippen molar-refractivity contribution in [2.45, 2.75) is 20.3 Å². The molecule has 0 spiro atoms. The zero-order valence-corrected chi connectivity index (χ0v) is 11.6. The first-order valence-electron chi connectivity index (χ1n) is 6.85. The molecule has 0 unspecified atom stereocenters. The number of nitrogens with two attached hydrogens (primary N) is 1. The topological polar surface area (TPSA) is 67.3 Å². The van der Waals surface area contributed by atoms with Crippen LogP contribution >= 0.6 is 0 Å². The van der Waals surface area contributed by atoms with Crippen LogP contribution in [0.4, 0.5) is 11.7 Å². The van der Waals surface area contributed by atoms with Crippen molar-refractivity contribution in [2.75, 3.05) is 37.2 Å². The summed E-state index contributed by atoms with van der Waals surface area (Å²) in [6, 6.07) is 6.04. The van der Waals surface area contributed by atoms with Crippen LogP contribution in [-0.4, -0.2) is 36.1 Å². The van der Waals surface area contributed by atoms with Crippen molar-refractivity contribution < 1.29 is 4.42 Å². The second-order valence-corrected chi connectivity index (χ2v) is 4.61. The summed E-state index contributed by atoms with van der Waals surface area (Å²) in [6.45, 7) is 8.39. The van der Waals surface area contributed by atoms with Crippen LogP contribution in [0.25, 0.3) is 11.1 Å². The largest absolute Gasteiger partial charge is 0.424 e. The molecule has 5 heteroatoms. The maximum atomic E-state index is 5.72. The lowest BCUT2D eigenvalue weighted by Crippen LogP contribution is -2.29. The van der Waals surface area contributed by atoms with E-state index in [0.717, 1.165) is 37.3 Å². The smallest absolute Gasteiger partial charge is 0.295 e. The van der Waals surface area contributed by atoms with Gasteiger partial charge in [0.1, 0.15) is 5.52 Å². The van der Waals surface area contributed by atoms with E-state index in [4.69, 9.17) is 10.2 Å². The molecule has 0 aliphatic heterocycles. The number of fused-ring (bicyclic) bond motifs is 1. The Morgan fingerprint density at radius 1 is 1.32 bits per heavy atom. The summed E-state index contributed by atoms with van der Waals surface area (Å²) >= 11 is 0. The van der Waals surface area contributed by atoms with Crippen molar-refractivity contribution in [1.82, 2.24) is 9.88 Å². The van der Waals surface area contributed by atoms with Gasteiger partial charge in [0, 0.05) is 18.8 Å². The first-order chi connectivity index (χ1) is 9.22. The highest BCUT2D eigenvalue weighted by Gasteiger charge is 2.06. The summed E-state index contributed by atoms with van der Waals surface area (Å²) in [5, 5.41) is 3.22. The van der Waals surface area contributed by atoms with Crippen molar-refractivity contribution in [3.05, 3.63) is 18.2 Å². The van der Waals surface area contributed by atoms with Gasteiger partial charge in [-0.15, -0.1) is 0 Å². The lowest BCUT2D eigenvalue weighted by atomic mass is 10.3. The van der Waals surface area contributed by atoms with E-state index in [9.17, 15) is 0 Å². The van der Waals surface area contributed by atoms with Crippen LogP contribution in [-0.2, 0) is 0 Å². The third-order valence-electron chi connectivity index (χ3n) is 3.10. The summed E-state index contributed by atoms with van der Waals surface area (Å²) in [5.74, 6) is 0. The van der Waals surface area contributed by atoms with Gasteiger partial charge in [-0.3, -0.25) is 0 Å². The monoisotopic (exact) mass is 262 g/mol. The Balaban J connectivity index is 1.91. The maximum Gasteiger partial charge on any atom is 0.295 e. The summed E-state index contributed by atoms with van der Waals surface area (Å²) in [4.78, 5) is 6.76. The van der Waals surface area contributed by atoms with Gasteiger partial charge in [-0.2, -0.15) is 4.98 Å². The van der Waals surface area contributed by atoms with Crippen molar-refractivity contribution in [3.8, 4) is 0 Å². The molecule has 0 amide bonds. The van der Waals surface area contributed by atoms with Gasteiger partial charge in [0.05, 0.1) is 0 Å². The second-order valence-electron chi connectivity index (χ2n) is 4.61. The van der Waals surface area contributed by atoms with Gasteiger partial charge in [0.2, 0.25) is 0 Å². The third-order valence-corrected chi connectivity index (χ3v) is 3.10. The molecule has 1 heterocycles. The predicted molar refractivity (Wildman–Crippen MR) is 79.3 cm³/mol. The Kier molecular flexibility index (Phi) is 4.63. The van der Waals surface area contributed by atoms with Crippen molar-refractivity contribution >= 4 is 22.8 Å². The second kappa shape index (κ2) is 6.43. The highest BCUT2D eigenvalue weighted by molar-refractivity contribution is 5.78. The average Bonchev–Trinajstić information content (AvgIpc) is 2.79. The first-order valence-corrected chi connectivity index (χ1v) is 6.85. The van der Waals surface area contributed by atoms with Gasteiger partial charge in [0.25, 0.3) is 6.01 Å². The van der Waals surface area contributed by atoms with E-state index in [1.54, 1.807) is 0 Å². The maximum absolute atomic E-state index is 5.72. The molecule has 104 valence electrons. The van der Waals surface area contributed by atoms with Gasteiger partial charge in [0.15, 0.2) is 5.58 Å². The van der Waals surface area contributed by atoms with E-state index in [2.05, 4.69) is 29.0 Å². The molecule has 0 atom stereocenters. The highest BCUT2D eigenvalue weighted by atomic mass is 16.4. The zero-order valence-electron chi connectivity index (χ0n) is 11.6. The minimum Gasteiger partial charge on any atom is -0.424 e. The van der Waals surface area contributed by atoms with Crippen LogP contribution in [0.2, 0.25) is 0 Å². The number of hydrogen-bond donors (Lipinski definition) is 2. The van der Waals surface area contributed by atoms with Gasteiger partial charge in [-0.1, -0.05) is 13.8 Å². The van der Waals surface area contributed by atoms with E-state index in [0.29, 0.717) is 11.7 Å². The van der Waals surface area contributed by atoms with Gasteiger partial charge in [-0.05, 0) is 37.7 Å². The Labute approximate surface area is 113 Å². The van der Waals surface area contributed by atoms with Gasteiger partial charge in [-0.25, -0.2) is 0 Å². The molecule has 2 rings (SSSR count). The fourth-order valence-electron chi connectivity index (χ4n) is 2.09. The number of likely N-dealkylation sites (N-methyl/N-ethyl adjacent to an activating group) is 1.